The molecule has 2 unspecified atom stereocenters. The minimum atomic E-state index is 0.338. The molecule has 4 aromatic carbocycles. The normalized spacial score (nSPS) is 18.7. The van der Waals surface area contributed by atoms with Crippen LogP contribution in [0, 0.1) is 0 Å². The van der Waals surface area contributed by atoms with Crippen LogP contribution in [0.3, 0.4) is 0 Å². The Labute approximate surface area is 213 Å². The van der Waals surface area contributed by atoms with Crippen molar-refractivity contribution in [3.63, 3.8) is 0 Å². The Bertz CT molecular complexity index is 1220. The predicted octanol–water partition coefficient (Wildman–Crippen LogP) is 5.69. The van der Waals surface area contributed by atoms with Gasteiger partial charge >= 0.3 is 0 Å². The second-order valence-corrected chi connectivity index (χ2v) is 10.1. The average Bonchev–Trinajstić information content (AvgIpc) is 3.84. The molecule has 4 nitrogen and oxygen atoms in total. The fourth-order valence-corrected chi connectivity index (χ4v) is 4.74. The summed E-state index contributed by atoms with van der Waals surface area (Å²) in [7, 11) is 0. The van der Waals surface area contributed by atoms with Crippen molar-refractivity contribution in [2.75, 3.05) is 39.6 Å². The van der Waals surface area contributed by atoms with Crippen LogP contribution in [0.25, 0.3) is 21.5 Å². The minimum Gasteiger partial charge on any atom is -0.378 e. The summed E-state index contributed by atoms with van der Waals surface area (Å²) in [4.78, 5) is 0. The number of rotatable bonds is 13. The molecule has 2 aliphatic rings. The molecule has 4 heteroatoms. The van der Waals surface area contributed by atoms with Gasteiger partial charge in [-0.15, -0.1) is 0 Å². The largest absolute Gasteiger partial charge is 0.378 e. The first kappa shape index (κ1) is 23.6. The van der Waals surface area contributed by atoms with E-state index in [1.807, 2.05) is 0 Å². The summed E-state index contributed by atoms with van der Waals surface area (Å²) in [6, 6.07) is 27.3. The van der Waals surface area contributed by atoms with Crippen molar-refractivity contribution in [1.82, 2.24) is 0 Å². The Morgan fingerprint density at radius 2 is 0.833 bits per heavy atom. The van der Waals surface area contributed by atoms with E-state index in [2.05, 4.69) is 72.8 Å². The Hall–Kier alpha value is -2.76. The van der Waals surface area contributed by atoms with Crippen LogP contribution in [0.5, 0.6) is 0 Å². The third kappa shape index (κ3) is 6.51. The number of hydrogen-bond acceptors (Lipinski definition) is 4. The van der Waals surface area contributed by atoms with Crippen LogP contribution < -0.4 is 0 Å². The number of fused-ring (bicyclic) bond motifs is 2. The quantitative estimate of drug-likeness (QED) is 0.181. The topological polar surface area (TPSA) is 43.5 Å². The Morgan fingerprint density at radius 3 is 1.17 bits per heavy atom. The van der Waals surface area contributed by atoms with E-state index >= 15 is 0 Å². The predicted molar refractivity (Wildman–Crippen MR) is 144 cm³/mol. The molecule has 186 valence electrons. The van der Waals surface area contributed by atoms with Crippen molar-refractivity contribution in [1.29, 1.82) is 0 Å². The van der Waals surface area contributed by atoms with Crippen molar-refractivity contribution in [2.24, 2.45) is 0 Å². The zero-order valence-electron chi connectivity index (χ0n) is 20.8. The van der Waals surface area contributed by atoms with Gasteiger partial charge in [-0.3, -0.25) is 0 Å². The molecular formula is C32H34O4. The maximum absolute atomic E-state index is 5.69. The van der Waals surface area contributed by atoms with E-state index in [0.717, 1.165) is 65.3 Å². The fraction of sp³-hybridized carbons (Fsp3) is 0.375. The Kier molecular flexibility index (Phi) is 7.29. The molecule has 2 fully saturated rings. The highest BCUT2D eigenvalue weighted by molar-refractivity contribution is 5.84. The molecule has 4 aromatic rings. The number of epoxide rings is 2. The van der Waals surface area contributed by atoms with Crippen LogP contribution >= 0.6 is 0 Å². The van der Waals surface area contributed by atoms with E-state index in [-0.39, 0.29) is 0 Å². The van der Waals surface area contributed by atoms with E-state index in [1.165, 1.54) is 43.8 Å². The fourth-order valence-electron chi connectivity index (χ4n) is 4.74. The molecule has 2 heterocycles. The summed E-state index contributed by atoms with van der Waals surface area (Å²) in [6.45, 7) is 4.66. The molecule has 0 N–H and O–H groups in total. The lowest BCUT2D eigenvalue weighted by molar-refractivity contribution is 0.119. The average molecular weight is 483 g/mol. The molecule has 2 aliphatic heterocycles. The van der Waals surface area contributed by atoms with E-state index in [4.69, 9.17) is 18.9 Å². The summed E-state index contributed by atoms with van der Waals surface area (Å²) < 4.78 is 21.8. The second-order valence-electron chi connectivity index (χ2n) is 10.1. The Balaban J connectivity index is 1.02. The Morgan fingerprint density at radius 1 is 0.500 bits per heavy atom. The molecule has 2 atom stereocenters. The summed E-state index contributed by atoms with van der Waals surface area (Å²) in [5, 5.41) is 5.22. The molecule has 0 aliphatic carbocycles. The van der Waals surface area contributed by atoms with Gasteiger partial charge in [0, 0.05) is 0 Å². The first-order valence-electron chi connectivity index (χ1n) is 13.2. The zero-order valence-corrected chi connectivity index (χ0v) is 20.8. The third-order valence-corrected chi connectivity index (χ3v) is 7.12. The van der Waals surface area contributed by atoms with Gasteiger partial charge in [-0.05, 0) is 69.5 Å². The standard InChI is InChI=1S/C32H34O4/c1(23-3-7-29-17-25(5-9-27(29)15-23)11-13-33-19-31-21-35-31)2-24-4-8-30-18-26(6-10-28(30)16-24)12-14-34-20-32-22-36-32/h3-10,15-18,31-32H,1-2,11-14,19-22H2. The van der Waals surface area contributed by atoms with Gasteiger partial charge in [0.2, 0.25) is 0 Å². The first-order chi connectivity index (χ1) is 17.8. The number of hydrogen-bond donors (Lipinski definition) is 0. The number of ether oxygens (including phenoxy) is 4. The van der Waals surface area contributed by atoms with Crippen LogP contribution in [0.2, 0.25) is 0 Å². The third-order valence-electron chi connectivity index (χ3n) is 7.12. The van der Waals surface area contributed by atoms with Crippen molar-refractivity contribution in [2.45, 2.75) is 37.9 Å². The van der Waals surface area contributed by atoms with Gasteiger partial charge in [0.25, 0.3) is 0 Å². The summed E-state index contributed by atoms with van der Waals surface area (Å²) >= 11 is 0. The summed E-state index contributed by atoms with van der Waals surface area (Å²) in [5.41, 5.74) is 5.42. The molecule has 0 saturated carbocycles. The maximum Gasteiger partial charge on any atom is 0.104 e. The van der Waals surface area contributed by atoms with Crippen LogP contribution in [-0.2, 0) is 44.6 Å². The highest BCUT2D eigenvalue weighted by atomic mass is 16.6. The van der Waals surface area contributed by atoms with Crippen LogP contribution in [0.4, 0.5) is 0 Å². The number of aryl methyl sites for hydroxylation is 2. The van der Waals surface area contributed by atoms with Gasteiger partial charge in [-0.1, -0.05) is 72.8 Å². The lowest BCUT2D eigenvalue weighted by Gasteiger charge is -2.09. The lowest BCUT2D eigenvalue weighted by Crippen LogP contribution is -2.04. The van der Waals surface area contributed by atoms with E-state index in [9.17, 15) is 0 Å². The van der Waals surface area contributed by atoms with Gasteiger partial charge < -0.3 is 18.9 Å². The van der Waals surface area contributed by atoms with Crippen LogP contribution in [-0.4, -0.2) is 51.8 Å². The molecular weight excluding hydrogens is 448 g/mol. The van der Waals surface area contributed by atoms with Crippen molar-refractivity contribution >= 4 is 21.5 Å². The SMILES string of the molecule is c1cc2cc(CCc3ccc4cc(CCOCC5CO5)ccc4c3)ccc2cc1CCOCC1CO1. The molecule has 0 radical (unpaired) electrons. The monoisotopic (exact) mass is 482 g/mol. The van der Waals surface area contributed by atoms with Gasteiger partial charge in [0.1, 0.15) is 12.2 Å². The number of benzene rings is 4. The molecule has 0 bridgehead atoms. The maximum atomic E-state index is 5.69. The molecule has 36 heavy (non-hydrogen) atoms. The molecule has 2 saturated heterocycles. The van der Waals surface area contributed by atoms with Gasteiger partial charge in [0.15, 0.2) is 0 Å². The van der Waals surface area contributed by atoms with Gasteiger partial charge in [-0.25, -0.2) is 0 Å². The van der Waals surface area contributed by atoms with Crippen molar-refractivity contribution < 1.29 is 18.9 Å². The summed E-state index contributed by atoms with van der Waals surface area (Å²) in [5.74, 6) is 0. The van der Waals surface area contributed by atoms with Crippen molar-refractivity contribution in [3.8, 4) is 0 Å². The molecule has 0 amide bonds. The molecule has 0 aromatic heterocycles. The highest BCUT2D eigenvalue weighted by Gasteiger charge is 2.22. The summed E-state index contributed by atoms with van der Waals surface area (Å²) in [6.07, 6.45) is 4.65. The van der Waals surface area contributed by atoms with E-state index in [0.29, 0.717) is 12.2 Å². The highest BCUT2D eigenvalue weighted by Crippen LogP contribution is 2.22. The van der Waals surface area contributed by atoms with E-state index in [1.54, 1.807) is 0 Å². The van der Waals surface area contributed by atoms with Crippen LogP contribution in [0.1, 0.15) is 22.3 Å². The minimum absolute atomic E-state index is 0.338. The van der Waals surface area contributed by atoms with Gasteiger partial charge in [-0.2, -0.15) is 0 Å². The first-order valence-corrected chi connectivity index (χ1v) is 13.2. The van der Waals surface area contributed by atoms with Crippen molar-refractivity contribution in [3.05, 3.63) is 95.1 Å². The zero-order chi connectivity index (χ0) is 24.2. The second kappa shape index (κ2) is 11.1. The smallest absolute Gasteiger partial charge is 0.104 e. The molecule has 0 spiro atoms. The van der Waals surface area contributed by atoms with E-state index < -0.39 is 0 Å². The van der Waals surface area contributed by atoms with Gasteiger partial charge in [0.05, 0.1) is 39.6 Å². The molecule has 6 rings (SSSR count). The van der Waals surface area contributed by atoms with Crippen LogP contribution in [0.15, 0.2) is 72.8 Å². The lowest BCUT2D eigenvalue weighted by atomic mass is 9.97.